The Morgan fingerprint density at radius 1 is 1.09 bits per heavy atom. The van der Waals surface area contributed by atoms with Gasteiger partial charge in [0.05, 0.1) is 18.9 Å². The van der Waals surface area contributed by atoms with Crippen molar-refractivity contribution in [3.8, 4) is 11.4 Å². The van der Waals surface area contributed by atoms with E-state index in [1.54, 1.807) is 19.2 Å². The molecular formula is C26H32FN5O2S. The second kappa shape index (κ2) is 12.2. The van der Waals surface area contributed by atoms with Gasteiger partial charge in [-0.1, -0.05) is 30.3 Å². The van der Waals surface area contributed by atoms with Crippen molar-refractivity contribution in [3.05, 3.63) is 65.7 Å². The Bertz CT molecular complexity index is 1100. The van der Waals surface area contributed by atoms with Gasteiger partial charge in [-0.2, -0.15) is 0 Å². The number of carbonyl (C=O) groups is 1. The topological polar surface area (TPSA) is 72.3 Å². The summed E-state index contributed by atoms with van der Waals surface area (Å²) in [5.74, 6) is 1.26. The third kappa shape index (κ3) is 6.82. The van der Waals surface area contributed by atoms with Gasteiger partial charge in [-0.15, -0.1) is 10.2 Å². The highest BCUT2D eigenvalue weighted by Gasteiger charge is 2.22. The smallest absolute Gasteiger partial charge is 0.233 e. The molecule has 3 aromatic rings. The number of aromatic nitrogens is 3. The van der Waals surface area contributed by atoms with Crippen LogP contribution in [0.2, 0.25) is 0 Å². The Morgan fingerprint density at radius 3 is 2.49 bits per heavy atom. The molecule has 0 saturated carbocycles. The Balaban J connectivity index is 1.41. The number of nitrogens with zero attached hydrogens (tertiary/aromatic N) is 4. The third-order valence-corrected chi connectivity index (χ3v) is 7.16. The molecule has 4 rings (SSSR count). The van der Waals surface area contributed by atoms with Crippen molar-refractivity contribution in [2.24, 2.45) is 0 Å². The maximum absolute atomic E-state index is 13.6. The fourth-order valence-corrected chi connectivity index (χ4v) is 5.03. The molecule has 1 amide bonds. The lowest BCUT2D eigenvalue weighted by atomic mass is 10.1. The highest BCUT2D eigenvalue weighted by molar-refractivity contribution is 8.00. The molecule has 9 heteroatoms. The zero-order valence-electron chi connectivity index (χ0n) is 20.2. The fourth-order valence-electron chi connectivity index (χ4n) is 4.12. The molecule has 35 heavy (non-hydrogen) atoms. The van der Waals surface area contributed by atoms with Crippen LogP contribution in [-0.4, -0.2) is 57.6 Å². The number of hydrogen-bond donors (Lipinski definition) is 1. The van der Waals surface area contributed by atoms with E-state index < -0.39 is 0 Å². The van der Waals surface area contributed by atoms with Crippen molar-refractivity contribution in [3.63, 3.8) is 0 Å². The minimum absolute atomic E-state index is 0.0604. The van der Waals surface area contributed by atoms with Crippen LogP contribution < -0.4 is 10.1 Å². The first kappa shape index (κ1) is 25.2. The van der Waals surface area contributed by atoms with Crippen LogP contribution in [0.3, 0.4) is 0 Å². The molecule has 7 nitrogen and oxygen atoms in total. The summed E-state index contributed by atoms with van der Waals surface area (Å²) in [6.45, 7) is 5.15. The molecule has 186 valence electrons. The van der Waals surface area contributed by atoms with Crippen molar-refractivity contribution in [1.82, 2.24) is 25.0 Å². The second-order valence-corrected chi connectivity index (χ2v) is 10.0. The molecule has 1 aliphatic heterocycles. The van der Waals surface area contributed by atoms with Crippen LogP contribution in [0.4, 0.5) is 4.39 Å². The summed E-state index contributed by atoms with van der Waals surface area (Å²) in [6, 6.07) is 14.1. The number of methoxy groups -OCH3 is 1. The van der Waals surface area contributed by atoms with Crippen LogP contribution in [0, 0.1) is 5.82 Å². The predicted molar refractivity (Wildman–Crippen MR) is 135 cm³/mol. The minimum atomic E-state index is -0.364. The molecule has 1 saturated heterocycles. The Hall–Kier alpha value is -2.91. The van der Waals surface area contributed by atoms with Gasteiger partial charge in [0.15, 0.2) is 11.0 Å². The number of carbonyl (C=O) groups excluding carboxylic acids is 1. The first-order chi connectivity index (χ1) is 17.0. The van der Waals surface area contributed by atoms with Gasteiger partial charge in [0.2, 0.25) is 5.91 Å². The number of thioether (sulfide) groups is 1. The van der Waals surface area contributed by atoms with E-state index in [0.29, 0.717) is 18.2 Å². The number of piperidine rings is 1. The molecule has 0 aliphatic carbocycles. The lowest BCUT2D eigenvalue weighted by molar-refractivity contribution is -0.120. The Labute approximate surface area is 210 Å². The molecule has 1 unspecified atom stereocenters. The van der Waals surface area contributed by atoms with Gasteiger partial charge < -0.3 is 10.1 Å². The monoisotopic (exact) mass is 497 g/mol. The van der Waals surface area contributed by atoms with Crippen LogP contribution in [-0.2, 0) is 17.8 Å². The Morgan fingerprint density at radius 2 is 1.80 bits per heavy atom. The van der Waals surface area contributed by atoms with Crippen molar-refractivity contribution in [1.29, 1.82) is 0 Å². The molecule has 2 aromatic carbocycles. The number of hydrogen-bond acceptors (Lipinski definition) is 6. The highest BCUT2D eigenvalue weighted by atomic mass is 32.2. The van der Waals surface area contributed by atoms with Gasteiger partial charge in [0, 0.05) is 12.2 Å². The number of rotatable bonds is 10. The first-order valence-corrected chi connectivity index (χ1v) is 12.9. The number of nitrogens with one attached hydrogen (secondary N) is 1. The predicted octanol–water partition coefficient (Wildman–Crippen LogP) is 4.24. The number of ether oxygens (including phenoxy) is 1. The van der Waals surface area contributed by atoms with E-state index in [2.05, 4.69) is 20.4 Å². The largest absolute Gasteiger partial charge is 0.497 e. The molecule has 1 atom stereocenters. The number of likely N-dealkylation sites (tertiary alicyclic amines) is 1. The maximum atomic E-state index is 13.6. The van der Waals surface area contributed by atoms with E-state index in [1.165, 1.54) is 43.2 Å². The second-order valence-electron chi connectivity index (χ2n) is 8.70. The summed E-state index contributed by atoms with van der Waals surface area (Å²) < 4.78 is 20.7. The number of benzene rings is 2. The van der Waals surface area contributed by atoms with Crippen molar-refractivity contribution < 1.29 is 13.9 Å². The van der Waals surface area contributed by atoms with Gasteiger partial charge in [-0.3, -0.25) is 14.3 Å². The van der Waals surface area contributed by atoms with Gasteiger partial charge in [0.1, 0.15) is 11.6 Å². The van der Waals surface area contributed by atoms with Gasteiger partial charge in [-0.25, -0.2) is 4.39 Å². The van der Waals surface area contributed by atoms with E-state index in [0.717, 1.165) is 42.3 Å². The molecule has 1 fully saturated rings. The van der Waals surface area contributed by atoms with E-state index in [9.17, 15) is 9.18 Å². The zero-order valence-corrected chi connectivity index (χ0v) is 21.1. The van der Waals surface area contributed by atoms with Crippen LogP contribution in [0.15, 0.2) is 53.7 Å². The summed E-state index contributed by atoms with van der Waals surface area (Å²) >= 11 is 1.36. The SMILES string of the molecule is COc1ccc(CCNC(=O)C(C)Sc2nnc(CN3CCCCC3)n2-c2ccc(F)cc2)cc1. The van der Waals surface area contributed by atoms with Gasteiger partial charge in [0.25, 0.3) is 0 Å². The molecule has 0 bridgehead atoms. The van der Waals surface area contributed by atoms with E-state index in [-0.39, 0.29) is 17.0 Å². The molecule has 1 aliphatic rings. The normalized spacial score (nSPS) is 15.1. The summed E-state index contributed by atoms with van der Waals surface area (Å²) in [7, 11) is 1.64. The summed E-state index contributed by atoms with van der Waals surface area (Å²) in [5, 5.41) is 12.1. The average molecular weight is 498 g/mol. The number of halogens is 1. The van der Waals surface area contributed by atoms with Crippen molar-refractivity contribution in [2.75, 3.05) is 26.7 Å². The van der Waals surface area contributed by atoms with Crippen LogP contribution in [0.1, 0.15) is 37.6 Å². The summed E-state index contributed by atoms with van der Waals surface area (Å²) in [6.07, 6.45) is 4.35. The zero-order chi connectivity index (χ0) is 24.6. The molecule has 1 aromatic heterocycles. The lowest BCUT2D eigenvalue weighted by Gasteiger charge is -2.26. The van der Waals surface area contributed by atoms with E-state index in [4.69, 9.17) is 4.74 Å². The summed E-state index contributed by atoms with van der Waals surface area (Å²) in [5.41, 5.74) is 1.92. The van der Waals surface area contributed by atoms with Crippen LogP contribution >= 0.6 is 11.8 Å². The standard InChI is InChI=1S/C26H32FN5O2S/c1-19(25(33)28-15-14-20-6-12-23(34-2)13-7-20)35-26-30-29-24(18-31-16-4-3-5-17-31)32(26)22-10-8-21(27)9-11-22/h6-13,19H,3-5,14-18H2,1-2H3,(H,28,33). The average Bonchev–Trinajstić information content (AvgIpc) is 3.27. The third-order valence-electron chi connectivity index (χ3n) is 6.12. The van der Waals surface area contributed by atoms with Gasteiger partial charge in [-0.05, 0) is 81.2 Å². The van der Waals surface area contributed by atoms with E-state index >= 15 is 0 Å². The molecule has 0 radical (unpaired) electrons. The summed E-state index contributed by atoms with van der Waals surface area (Å²) in [4.78, 5) is 15.2. The molecule has 1 N–H and O–H groups in total. The lowest BCUT2D eigenvalue weighted by Crippen LogP contribution is -2.32. The minimum Gasteiger partial charge on any atom is -0.497 e. The van der Waals surface area contributed by atoms with E-state index in [1.807, 2.05) is 35.8 Å². The molecular weight excluding hydrogens is 465 g/mol. The number of amides is 1. The molecule has 2 heterocycles. The van der Waals surface area contributed by atoms with Crippen molar-refractivity contribution >= 4 is 17.7 Å². The van der Waals surface area contributed by atoms with Crippen LogP contribution in [0.25, 0.3) is 5.69 Å². The van der Waals surface area contributed by atoms with Crippen LogP contribution in [0.5, 0.6) is 5.75 Å². The van der Waals surface area contributed by atoms with Gasteiger partial charge >= 0.3 is 0 Å². The quantitative estimate of drug-likeness (QED) is 0.423. The first-order valence-electron chi connectivity index (χ1n) is 12.0. The fraction of sp³-hybridized carbons (Fsp3) is 0.423. The Kier molecular flexibility index (Phi) is 8.76. The van der Waals surface area contributed by atoms with Crippen molar-refractivity contribution in [2.45, 2.75) is 49.6 Å². The molecule has 0 spiro atoms. The maximum Gasteiger partial charge on any atom is 0.233 e. The highest BCUT2D eigenvalue weighted by Crippen LogP contribution is 2.27.